The Morgan fingerprint density at radius 3 is 2.95 bits per heavy atom. The van der Waals surface area contributed by atoms with Gasteiger partial charge in [0.1, 0.15) is 5.15 Å². The van der Waals surface area contributed by atoms with Crippen LogP contribution in [0.3, 0.4) is 0 Å². The number of amides is 1. The molecular formula is C15H24ClN3O2. The number of hydrogen-bond acceptors (Lipinski definition) is 3. The molecule has 118 valence electrons. The van der Waals surface area contributed by atoms with Gasteiger partial charge in [-0.2, -0.15) is 5.10 Å². The summed E-state index contributed by atoms with van der Waals surface area (Å²) in [5.74, 6) is 0.121. The smallest absolute Gasteiger partial charge is 0.258 e. The summed E-state index contributed by atoms with van der Waals surface area (Å²) in [4.78, 5) is 14.5. The lowest BCUT2D eigenvalue weighted by molar-refractivity contribution is 0.0620. The fraction of sp³-hybridized carbons (Fsp3) is 0.733. The van der Waals surface area contributed by atoms with Crippen LogP contribution in [-0.2, 0) is 6.54 Å². The lowest BCUT2D eigenvalue weighted by atomic mass is 9.98. The zero-order valence-corrected chi connectivity index (χ0v) is 13.6. The molecule has 0 radical (unpaired) electrons. The fourth-order valence-corrected chi connectivity index (χ4v) is 3.15. The molecule has 1 unspecified atom stereocenters. The molecule has 0 aromatic carbocycles. The fourth-order valence-electron chi connectivity index (χ4n) is 2.81. The van der Waals surface area contributed by atoms with E-state index in [-0.39, 0.29) is 18.4 Å². The number of aryl methyl sites for hydroxylation is 2. The Morgan fingerprint density at radius 1 is 1.52 bits per heavy atom. The second-order valence-electron chi connectivity index (χ2n) is 5.77. The van der Waals surface area contributed by atoms with Crippen molar-refractivity contribution in [1.29, 1.82) is 0 Å². The van der Waals surface area contributed by atoms with Crippen LogP contribution in [0, 0.1) is 12.8 Å². The van der Waals surface area contributed by atoms with Gasteiger partial charge >= 0.3 is 0 Å². The third-order valence-corrected chi connectivity index (χ3v) is 4.45. The van der Waals surface area contributed by atoms with Gasteiger partial charge in [-0.3, -0.25) is 9.48 Å². The summed E-state index contributed by atoms with van der Waals surface area (Å²) in [5.41, 5.74) is 1.21. The van der Waals surface area contributed by atoms with Crippen molar-refractivity contribution in [3.63, 3.8) is 0 Å². The Morgan fingerprint density at radius 2 is 2.29 bits per heavy atom. The molecule has 0 spiro atoms. The average Bonchev–Trinajstić information content (AvgIpc) is 2.78. The molecular weight excluding hydrogens is 290 g/mol. The van der Waals surface area contributed by atoms with Crippen LogP contribution in [0.2, 0.25) is 5.15 Å². The van der Waals surface area contributed by atoms with Crippen molar-refractivity contribution < 1.29 is 9.90 Å². The van der Waals surface area contributed by atoms with Crippen LogP contribution in [0.25, 0.3) is 0 Å². The number of piperidine rings is 1. The Labute approximate surface area is 130 Å². The van der Waals surface area contributed by atoms with Crippen molar-refractivity contribution in [2.24, 2.45) is 5.92 Å². The Balaban J connectivity index is 2.16. The van der Waals surface area contributed by atoms with Crippen LogP contribution >= 0.6 is 11.6 Å². The summed E-state index contributed by atoms with van der Waals surface area (Å²) in [5, 5.41) is 14.1. The summed E-state index contributed by atoms with van der Waals surface area (Å²) in [6, 6.07) is 0. The number of likely N-dealkylation sites (tertiary alicyclic amines) is 1. The molecule has 21 heavy (non-hydrogen) atoms. The van der Waals surface area contributed by atoms with E-state index in [1.54, 1.807) is 9.58 Å². The number of unbranched alkanes of at least 4 members (excludes halogenated alkanes) is 1. The lowest BCUT2D eigenvalue weighted by Crippen LogP contribution is -2.41. The molecule has 0 bridgehead atoms. The van der Waals surface area contributed by atoms with Crippen LogP contribution in [0.15, 0.2) is 0 Å². The Kier molecular flexibility index (Phi) is 5.65. The molecule has 1 aliphatic rings. The lowest BCUT2D eigenvalue weighted by Gasteiger charge is -2.31. The van der Waals surface area contributed by atoms with Crippen molar-refractivity contribution in [2.45, 2.75) is 46.1 Å². The molecule has 1 atom stereocenters. The minimum atomic E-state index is -0.0570. The standard InChI is InChI=1S/C15H24ClN3O2/c1-3-4-8-19-14(16)13(11(2)17-19)15(21)18-7-5-6-12(9-18)10-20/h12,20H,3-10H2,1-2H3. The molecule has 5 nitrogen and oxygen atoms in total. The topological polar surface area (TPSA) is 58.4 Å². The first-order valence-corrected chi connectivity index (χ1v) is 8.09. The van der Waals surface area contributed by atoms with E-state index in [0.29, 0.717) is 23.0 Å². The molecule has 1 amide bonds. The van der Waals surface area contributed by atoms with Gasteiger partial charge in [0.25, 0.3) is 5.91 Å². The van der Waals surface area contributed by atoms with Gasteiger partial charge in [-0.15, -0.1) is 0 Å². The quantitative estimate of drug-likeness (QED) is 0.908. The van der Waals surface area contributed by atoms with E-state index in [4.69, 9.17) is 11.6 Å². The second kappa shape index (κ2) is 7.27. The number of nitrogens with zero attached hydrogens (tertiary/aromatic N) is 3. The first-order chi connectivity index (χ1) is 10.1. The number of aromatic nitrogens is 2. The van der Waals surface area contributed by atoms with Crippen molar-refractivity contribution in [3.05, 3.63) is 16.4 Å². The van der Waals surface area contributed by atoms with Crippen LogP contribution in [0.4, 0.5) is 0 Å². The normalized spacial score (nSPS) is 19.0. The third-order valence-electron chi connectivity index (χ3n) is 4.07. The van der Waals surface area contributed by atoms with Gasteiger partial charge in [0.05, 0.1) is 11.3 Å². The molecule has 0 saturated carbocycles. The number of halogens is 1. The highest BCUT2D eigenvalue weighted by atomic mass is 35.5. The van der Waals surface area contributed by atoms with E-state index in [9.17, 15) is 9.90 Å². The highest BCUT2D eigenvalue weighted by molar-refractivity contribution is 6.33. The predicted molar refractivity (Wildman–Crippen MR) is 82.6 cm³/mol. The third kappa shape index (κ3) is 3.58. The van der Waals surface area contributed by atoms with Crippen molar-refractivity contribution in [3.8, 4) is 0 Å². The first-order valence-electron chi connectivity index (χ1n) is 7.71. The summed E-state index contributed by atoms with van der Waals surface area (Å²) in [7, 11) is 0. The maximum absolute atomic E-state index is 12.7. The maximum Gasteiger partial charge on any atom is 0.258 e. The van der Waals surface area contributed by atoms with Gasteiger partial charge in [-0.05, 0) is 32.1 Å². The van der Waals surface area contributed by atoms with Gasteiger partial charge in [0.2, 0.25) is 0 Å². The van der Waals surface area contributed by atoms with Crippen molar-refractivity contribution in [2.75, 3.05) is 19.7 Å². The number of hydrogen-bond donors (Lipinski definition) is 1. The van der Waals surface area contributed by atoms with Gasteiger partial charge < -0.3 is 10.0 Å². The van der Waals surface area contributed by atoms with Gasteiger partial charge in [0, 0.05) is 26.2 Å². The zero-order valence-electron chi connectivity index (χ0n) is 12.8. The molecule has 6 heteroatoms. The first kappa shape index (κ1) is 16.3. The summed E-state index contributed by atoms with van der Waals surface area (Å²) >= 11 is 6.35. The molecule has 1 N–H and O–H groups in total. The highest BCUT2D eigenvalue weighted by Crippen LogP contribution is 2.25. The van der Waals surface area contributed by atoms with Crippen LogP contribution in [0.1, 0.15) is 48.7 Å². The van der Waals surface area contributed by atoms with E-state index < -0.39 is 0 Å². The summed E-state index contributed by atoms with van der Waals surface area (Å²) in [6.07, 6.45) is 3.95. The molecule has 2 rings (SSSR count). The van der Waals surface area contributed by atoms with Crippen LogP contribution in [-0.4, -0.2) is 45.4 Å². The van der Waals surface area contributed by atoms with E-state index in [2.05, 4.69) is 12.0 Å². The molecule has 1 aliphatic heterocycles. The molecule has 1 fully saturated rings. The molecule has 0 aliphatic carbocycles. The van der Waals surface area contributed by atoms with Crippen molar-refractivity contribution >= 4 is 17.5 Å². The molecule has 2 heterocycles. The maximum atomic E-state index is 12.7. The van der Waals surface area contributed by atoms with E-state index in [1.807, 2.05) is 6.92 Å². The number of rotatable bonds is 5. The molecule has 1 saturated heterocycles. The number of carbonyl (C=O) groups excluding carboxylic acids is 1. The second-order valence-corrected chi connectivity index (χ2v) is 6.13. The minimum absolute atomic E-state index is 0.0570. The number of carbonyl (C=O) groups is 1. The predicted octanol–water partition coefficient (Wildman–Crippen LogP) is 2.49. The summed E-state index contributed by atoms with van der Waals surface area (Å²) < 4.78 is 1.72. The Hall–Kier alpha value is -1.07. The number of aliphatic hydroxyl groups is 1. The van der Waals surface area contributed by atoms with Gasteiger partial charge in [-0.25, -0.2) is 0 Å². The number of aliphatic hydroxyl groups excluding tert-OH is 1. The minimum Gasteiger partial charge on any atom is -0.396 e. The largest absolute Gasteiger partial charge is 0.396 e. The van der Waals surface area contributed by atoms with E-state index in [1.165, 1.54) is 0 Å². The SMILES string of the molecule is CCCCn1nc(C)c(C(=O)N2CCCC(CO)C2)c1Cl. The highest BCUT2D eigenvalue weighted by Gasteiger charge is 2.28. The average molecular weight is 314 g/mol. The molecule has 1 aromatic heterocycles. The van der Waals surface area contributed by atoms with Crippen LogP contribution < -0.4 is 0 Å². The van der Waals surface area contributed by atoms with Gasteiger partial charge in [0.15, 0.2) is 0 Å². The monoisotopic (exact) mass is 313 g/mol. The van der Waals surface area contributed by atoms with Crippen molar-refractivity contribution in [1.82, 2.24) is 14.7 Å². The van der Waals surface area contributed by atoms with E-state index in [0.717, 1.165) is 38.8 Å². The summed E-state index contributed by atoms with van der Waals surface area (Å²) in [6.45, 7) is 6.14. The molecule has 1 aromatic rings. The zero-order chi connectivity index (χ0) is 15.4. The van der Waals surface area contributed by atoms with Crippen LogP contribution in [0.5, 0.6) is 0 Å². The Bertz CT molecular complexity index is 501. The van der Waals surface area contributed by atoms with E-state index >= 15 is 0 Å². The van der Waals surface area contributed by atoms with Gasteiger partial charge in [-0.1, -0.05) is 24.9 Å².